The third-order valence-electron chi connectivity index (χ3n) is 2.73. The van der Waals surface area contributed by atoms with E-state index in [1.165, 1.54) is 4.57 Å². The van der Waals surface area contributed by atoms with Gasteiger partial charge in [0, 0.05) is 7.11 Å². The zero-order valence-corrected chi connectivity index (χ0v) is 10.6. The van der Waals surface area contributed by atoms with E-state index in [4.69, 9.17) is 17.0 Å². The number of fused-ring (bicyclic) bond motifs is 1. The third-order valence-corrected chi connectivity index (χ3v) is 3.05. The molecule has 0 radical (unpaired) electrons. The first-order chi connectivity index (χ1) is 8.13. The van der Waals surface area contributed by atoms with Gasteiger partial charge in [-0.05, 0) is 31.3 Å². The predicted octanol–water partition coefficient (Wildman–Crippen LogP) is 2.09. The highest BCUT2D eigenvalue weighted by Crippen LogP contribution is 2.06. The Morgan fingerprint density at radius 2 is 2.18 bits per heavy atom. The number of hydrogen-bond donors (Lipinski definition) is 1. The van der Waals surface area contributed by atoms with Crippen molar-refractivity contribution in [2.75, 3.05) is 7.11 Å². The van der Waals surface area contributed by atoms with Crippen LogP contribution >= 0.6 is 12.2 Å². The van der Waals surface area contributed by atoms with Gasteiger partial charge >= 0.3 is 0 Å². The summed E-state index contributed by atoms with van der Waals surface area (Å²) in [5.74, 6) is 0. The molecule has 1 aromatic carbocycles. The lowest BCUT2D eigenvalue weighted by Gasteiger charge is -2.12. The molecule has 1 aromatic heterocycles. The molecule has 0 bridgehead atoms. The van der Waals surface area contributed by atoms with E-state index in [9.17, 15) is 4.79 Å². The number of hydrogen-bond acceptors (Lipinski definition) is 3. The molecular weight excluding hydrogens is 236 g/mol. The summed E-state index contributed by atoms with van der Waals surface area (Å²) < 4.78 is 7.12. The summed E-state index contributed by atoms with van der Waals surface area (Å²) in [7, 11) is 1.61. The molecule has 1 N–H and O–H groups in total. The summed E-state index contributed by atoms with van der Waals surface area (Å²) in [5.41, 5.74) is 0.692. The minimum atomic E-state index is -0.0757. The number of rotatable bonds is 3. The van der Waals surface area contributed by atoms with Crippen molar-refractivity contribution in [2.45, 2.75) is 19.6 Å². The van der Waals surface area contributed by atoms with Gasteiger partial charge < -0.3 is 9.72 Å². The van der Waals surface area contributed by atoms with Gasteiger partial charge in [-0.1, -0.05) is 12.1 Å². The number of H-pyrrole nitrogens is 1. The molecule has 0 spiro atoms. The Hall–Kier alpha value is -1.46. The van der Waals surface area contributed by atoms with Crippen molar-refractivity contribution in [1.82, 2.24) is 9.55 Å². The smallest absolute Gasteiger partial charge is 0.262 e. The van der Waals surface area contributed by atoms with E-state index in [-0.39, 0.29) is 11.7 Å². The predicted molar refractivity (Wildman–Crippen MR) is 69.9 cm³/mol. The van der Waals surface area contributed by atoms with Crippen molar-refractivity contribution in [3.63, 3.8) is 0 Å². The Balaban J connectivity index is 2.64. The van der Waals surface area contributed by atoms with Crippen LogP contribution in [-0.2, 0) is 11.3 Å². The fourth-order valence-corrected chi connectivity index (χ4v) is 1.96. The van der Waals surface area contributed by atoms with Gasteiger partial charge in [0.15, 0.2) is 4.77 Å². The average Bonchev–Trinajstić information content (AvgIpc) is 2.34. The number of benzene rings is 1. The first-order valence-corrected chi connectivity index (χ1v) is 5.79. The zero-order valence-electron chi connectivity index (χ0n) is 9.77. The molecule has 0 saturated heterocycles. The summed E-state index contributed by atoms with van der Waals surface area (Å²) in [6, 6.07) is 7.34. The van der Waals surface area contributed by atoms with Crippen LogP contribution in [0.25, 0.3) is 10.9 Å². The largest absolute Gasteiger partial charge is 0.380 e. The minimum absolute atomic E-state index is 0.0519. The Morgan fingerprint density at radius 1 is 1.47 bits per heavy atom. The number of ether oxygens (including phenoxy) is 1. The summed E-state index contributed by atoms with van der Waals surface area (Å²) in [6.45, 7) is 2.35. The fourth-order valence-electron chi connectivity index (χ4n) is 1.70. The molecule has 1 atom stereocenters. The fraction of sp³-hybridized carbons (Fsp3) is 0.333. The van der Waals surface area contributed by atoms with Crippen molar-refractivity contribution in [3.8, 4) is 0 Å². The van der Waals surface area contributed by atoms with Crippen molar-refractivity contribution >= 4 is 23.1 Å². The van der Waals surface area contributed by atoms with Gasteiger partial charge in [0.2, 0.25) is 0 Å². The lowest BCUT2D eigenvalue weighted by Crippen LogP contribution is -2.27. The first-order valence-electron chi connectivity index (χ1n) is 5.38. The topological polar surface area (TPSA) is 47.0 Å². The van der Waals surface area contributed by atoms with Crippen LogP contribution in [0.3, 0.4) is 0 Å². The van der Waals surface area contributed by atoms with E-state index in [2.05, 4.69) is 4.98 Å². The van der Waals surface area contributed by atoms with Crippen molar-refractivity contribution < 1.29 is 4.74 Å². The quantitative estimate of drug-likeness (QED) is 0.849. The molecule has 0 saturated carbocycles. The Labute approximate surface area is 104 Å². The van der Waals surface area contributed by atoms with Gasteiger partial charge in [-0.15, -0.1) is 0 Å². The van der Waals surface area contributed by atoms with Gasteiger partial charge in [0.05, 0.1) is 23.6 Å². The lowest BCUT2D eigenvalue weighted by atomic mass is 10.2. The van der Waals surface area contributed by atoms with E-state index < -0.39 is 0 Å². The second kappa shape index (κ2) is 4.81. The molecule has 17 heavy (non-hydrogen) atoms. The normalized spacial score (nSPS) is 12.8. The molecular formula is C12H14N2O2S. The standard InChI is InChI=1S/C12H14N2O2S/c1-8(16-2)7-14-11(15)9-5-3-4-6-10(9)13-12(14)17/h3-6,8H,7H2,1-2H3,(H,13,17). The molecule has 1 unspecified atom stereocenters. The molecule has 90 valence electrons. The number of methoxy groups -OCH3 is 1. The molecule has 4 nitrogen and oxygen atoms in total. The maximum atomic E-state index is 12.2. The summed E-state index contributed by atoms with van der Waals surface area (Å²) in [4.78, 5) is 15.3. The zero-order chi connectivity index (χ0) is 12.4. The van der Waals surface area contributed by atoms with Crippen molar-refractivity contribution in [2.24, 2.45) is 0 Å². The maximum absolute atomic E-state index is 12.2. The van der Waals surface area contributed by atoms with Gasteiger partial charge in [-0.2, -0.15) is 0 Å². The number of aromatic nitrogens is 2. The molecule has 0 aliphatic heterocycles. The average molecular weight is 250 g/mol. The monoisotopic (exact) mass is 250 g/mol. The van der Waals surface area contributed by atoms with E-state index in [1.54, 1.807) is 13.2 Å². The lowest BCUT2D eigenvalue weighted by molar-refractivity contribution is 0.102. The Kier molecular flexibility index (Phi) is 3.40. The highest BCUT2D eigenvalue weighted by Gasteiger charge is 2.08. The molecule has 2 aromatic rings. The van der Waals surface area contributed by atoms with Gasteiger partial charge in [0.1, 0.15) is 0 Å². The number of aromatic amines is 1. The van der Waals surface area contributed by atoms with Crippen LogP contribution in [0.15, 0.2) is 29.1 Å². The number of nitrogens with one attached hydrogen (secondary N) is 1. The first kappa shape index (κ1) is 12.0. The van der Waals surface area contributed by atoms with Crippen LogP contribution in [0.1, 0.15) is 6.92 Å². The summed E-state index contributed by atoms with van der Waals surface area (Å²) >= 11 is 5.19. The molecule has 0 aliphatic rings. The van der Waals surface area contributed by atoms with Crippen LogP contribution in [0.2, 0.25) is 0 Å². The van der Waals surface area contributed by atoms with Crippen LogP contribution in [-0.4, -0.2) is 22.8 Å². The molecule has 2 rings (SSSR count). The van der Waals surface area contributed by atoms with Crippen LogP contribution in [0.5, 0.6) is 0 Å². The van der Waals surface area contributed by atoms with Crippen molar-refractivity contribution in [3.05, 3.63) is 39.4 Å². The number of para-hydroxylation sites is 1. The molecule has 1 heterocycles. The van der Waals surface area contributed by atoms with E-state index >= 15 is 0 Å². The second-order valence-electron chi connectivity index (χ2n) is 3.94. The highest BCUT2D eigenvalue weighted by atomic mass is 32.1. The van der Waals surface area contributed by atoms with Crippen molar-refractivity contribution in [1.29, 1.82) is 0 Å². The van der Waals surface area contributed by atoms with E-state index in [0.29, 0.717) is 16.7 Å². The SMILES string of the molecule is COC(C)Cn1c(=S)[nH]c2ccccc2c1=O. The van der Waals surface area contributed by atoms with Crippen LogP contribution < -0.4 is 5.56 Å². The summed E-state index contributed by atoms with van der Waals surface area (Å²) in [5, 5.41) is 0.643. The van der Waals surface area contributed by atoms with E-state index in [1.807, 2.05) is 25.1 Å². The van der Waals surface area contributed by atoms with Gasteiger partial charge in [0.25, 0.3) is 5.56 Å². The Bertz CT molecular complexity index is 645. The second-order valence-corrected chi connectivity index (χ2v) is 4.32. The minimum Gasteiger partial charge on any atom is -0.380 e. The van der Waals surface area contributed by atoms with Gasteiger partial charge in [-0.25, -0.2) is 0 Å². The van der Waals surface area contributed by atoms with Gasteiger partial charge in [-0.3, -0.25) is 9.36 Å². The molecule has 5 heteroatoms. The molecule has 0 amide bonds. The van der Waals surface area contributed by atoms with Crippen LogP contribution in [0.4, 0.5) is 0 Å². The summed E-state index contributed by atoms with van der Waals surface area (Å²) in [6.07, 6.45) is -0.0519. The Morgan fingerprint density at radius 3 is 2.88 bits per heavy atom. The molecule has 0 fully saturated rings. The third kappa shape index (κ3) is 2.30. The van der Waals surface area contributed by atoms with Crippen LogP contribution in [0, 0.1) is 4.77 Å². The highest BCUT2D eigenvalue weighted by molar-refractivity contribution is 7.71. The molecule has 0 aliphatic carbocycles. The maximum Gasteiger partial charge on any atom is 0.262 e. The number of nitrogens with zero attached hydrogens (tertiary/aromatic N) is 1. The van der Waals surface area contributed by atoms with E-state index in [0.717, 1.165) is 5.52 Å².